The molecule has 0 aromatic heterocycles. The summed E-state index contributed by atoms with van der Waals surface area (Å²) in [6.07, 6.45) is 0. The van der Waals surface area contributed by atoms with E-state index in [4.69, 9.17) is 11.1 Å². The van der Waals surface area contributed by atoms with Gasteiger partial charge in [-0.15, -0.1) is 11.1 Å². The highest BCUT2D eigenvalue weighted by Crippen LogP contribution is 2.16. The van der Waals surface area contributed by atoms with Gasteiger partial charge in [-0.1, -0.05) is 48.5 Å². The van der Waals surface area contributed by atoms with Gasteiger partial charge in [0.05, 0.1) is 0 Å². The molecule has 0 aliphatic heterocycles. The van der Waals surface area contributed by atoms with Gasteiger partial charge < -0.3 is 4.98 Å². The van der Waals surface area contributed by atoms with Crippen LogP contribution in [-0.2, 0) is 0 Å². The van der Waals surface area contributed by atoms with Crippen molar-refractivity contribution in [2.24, 2.45) is 0 Å². The number of aryl methyl sites for hydroxylation is 2. The maximum Gasteiger partial charge on any atom is 0.290 e. The van der Waals surface area contributed by atoms with E-state index in [1.54, 1.807) is 0 Å². The Morgan fingerprint density at radius 1 is 0.810 bits per heavy atom. The lowest BCUT2D eigenvalue weighted by Crippen LogP contribution is -2.70. The van der Waals surface area contributed by atoms with Crippen molar-refractivity contribution in [3.63, 3.8) is 0 Å². The number of halogens is 1. The Bertz CT molecular complexity index is 586. The normalized spacial score (nSPS) is 12.5. The Labute approximate surface area is 134 Å². The maximum atomic E-state index is 7.31. The Morgan fingerprint density at radius 2 is 1.19 bits per heavy atom. The second kappa shape index (κ2) is 5.96. The molecule has 2 rings (SSSR count). The highest BCUT2D eigenvalue weighted by atomic mass is 35.6. The van der Waals surface area contributed by atoms with Crippen LogP contribution in [-0.4, -0.2) is 13.1 Å². The fourth-order valence-electron chi connectivity index (χ4n) is 2.72. The summed E-state index contributed by atoms with van der Waals surface area (Å²) in [5.74, 6) is 0. The zero-order chi connectivity index (χ0) is 15.7. The van der Waals surface area contributed by atoms with E-state index in [1.165, 1.54) is 21.5 Å². The van der Waals surface area contributed by atoms with Crippen LogP contribution in [0.25, 0.3) is 0 Å². The molecule has 0 aliphatic rings. The van der Waals surface area contributed by atoms with Gasteiger partial charge in [-0.2, -0.15) is 0 Å². The zero-order valence-corrected chi connectivity index (χ0v) is 15.3. The summed E-state index contributed by atoms with van der Waals surface area (Å²) in [6, 6.07) is 16.9. The van der Waals surface area contributed by atoms with Crippen LogP contribution < -0.4 is 15.4 Å². The van der Waals surface area contributed by atoms with E-state index in [0.29, 0.717) is 0 Å². The fourth-order valence-corrected chi connectivity index (χ4v) is 8.34. The van der Waals surface area contributed by atoms with Crippen LogP contribution in [0.5, 0.6) is 0 Å². The van der Waals surface area contributed by atoms with E-state index in [-0.39, 0.29) is 5.54 Å². The molecule has 0 atom stereocenters. The number of hydrogen-bond donors (Lipinski definition) is 1. The van der Waals surface area contributed by atoms with Gasteiger partial charge in [0, 0.05) is 5.54 Å². The predicted octanol–water partition coefficient (Wildman–Crippen LogP) is 3.49. The van der Waals surface area contributed by atoms with Crippen LogP contribution in [0.3, 0.4) is 0 Å². The quantitative estimate of drug-likeness (QED) is 0.675. The lowest BCUT2D eigenvalue weighted by atomic mass is 10.1. The van der Waals surface area contributed by atoms with Crippen LogP contribution in [0.15, 0.2) is 48.5 Å². The van der Waals surface area contributed by atoms with Crippen molar-refractivity contribution in [2.45, 2.75) is 40.2 Å². The van der Waals surface area contributed by atoms with Crippen LogP contribution in [0.2, 0.25) is 0 Å². The van der Waals surface area contributed by atoms with E-state index in [0.717, 1.165) is 0 Å². The van der Waals surface area contributed by atoms with Gasteiger partial charge >= 0.3 is 0 Å². The predicted molar refractivity (Wildman–Crippen MR) is 96.1 cm³/mol. The van der Waals surface area contributed by atoms with E-state index in [9.17, 15) is 0 Å². The molecule has 0 aliphatic carbocycles. The summed E-state index contributed by atoms with van der Waals surface area (Å²) in [6.45, 7) is 10.8. The summed E-state index contributed by atoms with van der Waals surface area (Å²) in [7, 11) is -2.50. The first-order valence-corrected chi connectivity index (χ1v) is 10.4. The molecule has 0 saturated heterocycles. The summed E-state index contributed by atoms with van der Waals surface area (Å²) >= 11 is 7.31. The smallest absolute Gasteiger partial charge is 0.290 e. The summed E-state index contributed by atoms with van der Waals surface area (Å²) in [5.41, 5.74) is 2.46. The second-order valence-electron chi connectivity index (χ2n) is 6.66. The summed E-state index contributed by atoms with van der Waals surface area (Å²) < 4.78 is 0. The zero-order valence-electron chi connectivity index (χ0n) is 13.5. The lowest BCUT2D eigenvalue weighted by molar-refractivity contribution is 0.520. The number of nitrogens with one attached hydrogen (secondary N) is 1. The number of benzene rings is 2. The van der Waals surface area contributed by atoms with Crippen molar-refractivity contribution in [1.29, 1.82) is 0 Å². The summed E-state index contributed by atoms with van der Waals surface area (Å²) in [4.78, 5) is 3.75. The second-order valence-corrected chi connectivity index (χ2v) is 11.0. The molecule has 0 unspecified atom stereocenters. The molecule has 0 heterocycles. The first-order valence-electron chi connectivity index (χ1n) is 7.34. The van der Waals surface area contributed by atoms with Crippen molar-refractivity contribution < 1.29 is 0 Å². The largest absolute Gasteiger partial charge is 0.314 e. The third kappa shape index (κ3) is 3.57. The van der Waals surface area contributed by atoms with E-state index < -0.39 is 7.55 Å². The van der Waals surface area contributed by atoms with Crippen molar-refractivity contribution >= 4 is 29.0 Å². The molecule has 21 heavy (non-hydrogen) atoms. The molecule has 112 valence electrons. The molecule has 0 saturated carbocycles. The molecule has 0 bridgehead atoms. The maximum absolute atomic E-state index is 7.31. The number of hydrogen-bond acceptors (Lipinski definition) is 1. The monoisotopic (exact) mass is 317 g/mol. The van der Waals surface area contributed by atoms with Gasteiger partial charge in [-0.25, -0.2) is 0 Å². The van der Waals surface area contributed by atoms with Crippen molar-refractivity contribution in [2.75, 3.05) is 0 Å². The molecule has 0 amide bonds. The van der Waals surface area contributed by atoms with Crippen LogP contribution in [0.1, 0.15) is 31.9 Å². The van der Waals surface area contributed by atoms with E-state index >= 15 is 0 Å². The molecule has 0 fully saturated rings. The lowest BCUT2D eigenvalue weighted by Gasteiger charge is -2.36. The molecular formula is C18H24ClNSi. The Hall–Kier alpha value is -1.09. The van der Waals surface area contributed by atoms with Crippen molar-refractivity contribution in [1.82, 2.24) is 4.98 Å². The Kier molecular flexibility index (Phi) is 4.62. The first kappa shape index (κ1) is 16.3. The minimum absolute atomic E-state index is 0.0431. The van der Waals surface area contributed by atoms with Crippen LogP contribution in [0, 0.1) is 13.8 Å². The SMILES string of the molecule is Cc1ccccc1[Si](Cl)(NC(C)(C)C)c1ccccc1C. The third-order valence-corrected chi connectivity index (χ3v) is 8.79. The van der Waals surface area contributed by atoms with Crippen LogP contribution in [0.4, 0.5) is 0 Å². The van der Waals surface area contributed by atoms with Gasteiger partial charge in [-0.05, 0) is 56.1 Å². The molecule has 1 N–H and O–H groups in total. The van der Waals surface area contributed by atoms with Gasteiger partial charge in [0.25, 0.3) is 7.55 Å². The highest BCUT2D eigenvalue weighted by Gasteiger charge is 2.41. The van der Waals surface area contributed by atoms with Crippen molar-refractivity contribution in [3.05, 3.63) is 59.7 Å². The summed E-state index contributed by atoms with van der Waals surface area (Å²) in [5, 5.41) is 2.49. The van der Waals surface area contributed by atoms with Gasteiger partial charge in [0.2, 0.25) is 0 Å². The molecule has 3 heteroatoms. The van der Waals surface area contributed by atoms with Crippen molar-refractivity contribution in [3.8, 4) is 0 Å². The molecular weight excluding hydrogens is 294 g/mol. The van der Waals surface area contributed by atoms with Crippen LogP contribution >= 0.6 is 11.1 Å². The number of rotatable bonds is 3. The highest BCUT2D eigenvalue weighted by molar-refractivity contribution is 7.33. The van der Waals surface area contributed by atoms with Gasteiger partial charge in [0.15, 0.2) is 0 Å². The molecule has 0 spiro atoms. The minimum Gasteiger partial charge on any atom is -0.314 e. The Morgan fingerprint density at radius 3 is 1.52 bits per heavy atom. The molecule has 2 aromatic rings. The first-order chi connectivity index (χ1) is 9.74. The average Bonchev–Trinajstić information content (AvgIpc) is 2.37. The fraction of sp³-hybridized carbons (Fsp3) is 0.333. The Balaban J connectivity index is 2.66. The molecule has 0 radical (unpaired) electrons. The minimum atomic E-state index is -2.50. The average molecular weight is 318 g/mol. The molecule has 2 aromatic carbocycles. The standard InChI is InChI=1S/C18H24ClNSi/c1-14-10-6-8-12-16(14)21(19,20-18(3,4)5)17-13-9-7-11-15(17)2/h6-13,20H,1-5H3. The van der Waals surface area contributed by atoms with Gasteiger partial charge in [-0.3, -0.25) is 0 Å². The topological polar surface area (TPSA) is 12.0 Å². The third-order valence-electron chi connectivity index (χ3n) is 3.58. The molecule has 1 nitrogen and oxygen atoms in total. The van der Waals surface area contributed by atoms with E-state index in [2.05, 4.69) is 88.1 Å². The van der Waals surface area contributed by atoms with Gasteiger partial charge in [0.1, 0.15) is 0 Å². The van der Waals surface area contributed by atoms with E-state index in [1.807, 2.05) is 0 Å².